The Balaban J connectivity index is 2.08. The van der Waals surface area contributed by atoms with Crippen LogP contribution in [0.4, 0.5) is 0 Å². The van der Waals surface area contributed by atoms with E-state index >= 15 is 0 Å². The summed E-state index contributed by atoms with van der Waals surface area (Å²) in [5, 5.41) is 21.8. The average molecular weight is 222 g/mol. The minimum Gasteiger partial charge on any atom is -0.386 e. The molecule has 3 aliphatic rings. The topological polar surface area (TPSA) is 40.5 Å². The average Bonchev–Trinajstić information content (AvgIpc) is 2.23. The van der Waals surface area contributed by atoms with Gasteiger partial charge >= 0.3 is 0 Å². The summed E-state index contributed by atoms with van der Waals surface area (Å²) in [7, 11) is 0. The van der Waals surface area contributed by atoms with Crippen molar-refractivity contribution < 1.29 is 10.2 Å². The molecule has 0 saturated heterocycles. The molecule has 0 amide bonds. The van der Waals surface area contributed by atoms with Crippen LogP contribution in [0.25, 0.3) is 0 Å². The van der Waals surface area contributed by atoms with Gasteiger partial charge in [-0.15, -0.1) is 0 Å². The maximum atomic E-state index is 11.0. The van der Waals surface area contributed by atoms with Crippen LogP contribution in [0, 0.1) is 11.3 Å². The van der Waals surface area contributed by atoms with Gasteiger partial charge in [0.15, 0.2) is 0 Å². The van der Waals surface area contributed by atoms with E-state index in [0.29, 0.717) is 0 Å². The summed E-state index contributed by atoms with van der Waals surface area (Å²) in [5.41, 5.74) is -0.810. The SMILES string of the molecule is CC1(C)CCC=C2C3CCCCC3(O)C21O. The summed E-state index contributed by atoms with van der Waals surface area (Å²) in [5.74, 6) is 0.242. The second-order valence-electron chi connectivity index (χ2n) is 6.52. The molecule has 0 radical (unpaired) electrons. The molecular weight excluding hydrogens is 200 g/mol. The van der Waals surface area contributed by atoms with Gasteiger partial charge < -0.3 is 10.2 Å². The monoisotopic (exact) mass is 222 g/mol. The van der Waals surface area contributed by atoms with Crippen LogP contribution in [0.3, 0.4) is 0 Å². The summed E-state index contributed by atoms with van der Waals surface area (Å²) in [4.78, 5) is 0. The van der Waals surface area contributed by atoms with Gasteiger partial charge in [0.2, 0.25) is 0 Å². The molecule has 0 heterocycles. The molecule has 2 saturated carbocycles. The third-order valence-electron chi connectivity index (χ3n) is 5.41. The van der Waals surface area contributed by atoms with E-state index in [-0.39, 0.29) is 11.3 Å². The molecule has 2 N–H and O–H groups in total. The van der Waals surface area contributed by atoms with Gasteiger partial charge in [0.1, 0.15) is 11.2 Å². The van der Waals surface area contributed by atoms with Crippen molar-refractivity contribution in [2.45, 2.75) is 63.6 Å². The molecule has 90 valence electrons. The number of aliphatic hydroxyl groups is 2. The highest BCUT2D eigenvalue weighted by molar-refractivity contribution is 5.45. The molecule has 3 aliphatic carbocycles. The number of hydrogen-bond donors (Lipinski definition) is 2. The van der Waals surface area contributed by atoms with E-state index in [2.05, 4.69) is 19.9 Å². The van der Waals surface area contributed by atoms with Crippen LogP contribution in [0.1, 0.15) is 52.4 Å². The maximum Gasteiger partial charge on any atom is 0.120 e. The van der Waals surface area contributed by atoms with Gasteiger partial charge in [0.25, 0.3) is 0 Å². The molecule has 2 nitrogen and oxygen atoms in total. The minimum atomic E-state index is -0.941. The summed E-state index contributed by atoms with van der Waals surface area (Å²) >= 11 is 0. The van der Waals surface area contributed by atoms with Gasteiger partial charge in [0.05, 0.1) is 0 Å². The summed E-state index contributed by atoms with van der Waals surface area (Å²) in [6, 6.07) is 0. The molecule has 3 atom stereocenters. The lowest BCUT2D eigenvalue weighted by molar-refractivity contribution is -0.275. The number of rotatable bonds is 0. The van der Waals surface area contributed by atoms with Gasteiger partial charge in [-0.25, -0.2) is 0 Å². The van der Waals surface area contributed by atoms with Crippen molar-refractivity contribution >= 4 is 0 Å². The zero-order chi connectivity index (χ0) is 11.6. The molecule has 3 unspecified atom stereocenters. The van der Waals surface area contributed by atoms with E-state index in [1.165, 1.54) is 6.42 Å². The van der Waals surface area contributed by atoms with Crippen LogP contribution in [0.15, 0.2) is 11.6 Å². The first-order valence-electron chi connectivity index (χ1n) is 6.59. The lowest BCUT2D eigenvalue weighted by Crippen LogP contribution is -2.77. The summed E-state index contributed by atoms with van der Waals surface area (Å²) in [6.07, 6.45) is 8.30. The molecule has 3 rings (SSSR count). The van der Waals surface area contributed by atoms with Gasteiger partial charge in [-0.1, -0.05) is 32.8 Å². The normalized spacial score (nSPS) is 49.8. The second-order valence-corrected chi connectivity index (χ2v) is 6.52. The Morgan fingerprint density at radius 2 is 1.94 bits per heavy atom. The van der Waals surface area contributed by atoms with Crippen LogP contribution >= 0.6 is 0 Å². The third-order valence-corrected chi connectivity index (χ3v) is 5.41. The quantitative estimate of drug-likeness (QED) is 0.618. The Kier molecular flexibility index (Phi) is 1.96. The molecule has 0 spiro atoms. The fourth-order valence-electron chi connectivity index (χ4n) is 4.46. The second kappa shape index (κ2) is 2.91. The van der Waals surface area contributed by atoms with E-state index < -0.39 is 11.2 Å². The minimum absolute atomic E-state index is 0.181. The molecule has 16 heavy (non-hydrogen) atoms. The Labute approximate surface area is 97.4 Å². The van der Waals surface area contributed by atoms with Crippen LogP contribution in [-0.2, 0) is 0 Å². The van der Waals surface area contributed by atoms with Crippen LogP contribution in [-0.4, -0.2) is 21.4 Å². The van der Waals surface area contributed by atoms with Crippen molar-refractivity contribution in [1.29, 1.82) is 0 Å². The Bertz CT molecular complexity index is 358. The molecule has 0 aliphatic heterocycles. The Morgan fingerprint density at radius 1 is 1.19 bits per heavy atom. The first kappa shape index (κ1) is 10.8. The molecule has 2 fully saturated rings. The van der Waals surface area contributed by atoms with E-state index in [1.807, 2.05) is 0 Å². The highest BCUT2D eigenvalue weighted by Crippen LogP contribution is 2.67. The van der Waals surface area contributed by atoms with Crippen molar-refractivity contribution in [1.82, 2.24) is 0 Å². The van der Waals surface area contributed by atoms with E-state index in [4.69, 9.17) is 0 Å². The van der Waals surface area contributed by atoms with Crippen molar-refractivity contribution in [2.75, 3.05) is 0 Å². The first-order chi connectivity index (χ1) is 7.43. The van der Waals surface area contributed by atoms with E-state index in [9.17, 15) is 10.2 Å². The lowest BCUT2D eigenvalue weighted by Gasteiger charge is -2.69. The van der Waals surface area contributed by atoms with Gasteiger partial charge in [-0.05, 0) is 31.3 Å². The predicted octanol–water partition coefficient (Wildman–Crippen LogP) is 2.40. The Morgan fingerprint density at radius 3 is 2.69 bits per heavy atom. The van der Waals surface area contributed by atoms with Crippen molar-refractivity contribution in [3.05, 3.63) is 11.6 Å². The third kappa shape index (κ3) is 0.925. The highest BCUT2D eigenvalue weighted by Gasteiger charge is 2.73. The van der Waals surface area contributed by atoms with Gasteiger partial charge in [0, 0.05) is 11.3 Å². The number of hydrogen-bond acceptors (Lipinski definition) is 2. The fourth-order valence-corrected chi connectivity index (χ4v) is 4.46. The number of fused-ring (bicyclic) bond motifs is 4. The molecule has 0 aromatic rings. The van der Waals surface area contributed by atoms with Crippen LogP contribution < -0.4 is 0 Å². The number of allylic oxidation sites excluding steroid dienone is 1. The zero-order valence-corrected chi connectivity index (χ0v) is 10.3. The molecule has 0 bridgehead atoms. The zero-order valence-electron chi connectivity index (χ0n) is 10.3. The Hall–Kier alpha value is -0.340. The molecule has 2 heteroatoms. The maximum absolute atomic E-state index is 11.0. The smallest absolute Gasteiger partial charge is 0.120 e. The van der Waals surface area contributed by atoms with E-state index in [0.717, 1.165) is 37.7 Å². The standard InChI is InChI=1S/C14H22O2/c1-12(2)8-5-7-11-10-6-3-4-9-13(10,15)14(11,12)16/h7,10,15-16H,3-6,8-9H2,1-2H3. The molecular formula is C14H22O2. The van der Waals surface area contributed by atoms with Crippen molar-refractivity contribution in [3.63, 3.8) is 0 Å². The van der Waals surface area contributed by atoms with Crippen LogP contribution in [0.2, 0.25) is 0 Å². The predicted molar refractivity (Wildman–Crippen MR) is 63.0 cm³/mol. The van der Waals surface area contributed by atoms with Gasteiger partial charge in [-0.3, -0.25) is 0 Å². The van der Waals surface area contributed by atoms with Crippen LogP contribution in [0.5, 0.6) is 0 Å². The molecule has 0 aromatic carbocycles. The van der Waals surface area contributed by atoms with Crippen molar-refractivity contribution in [3.8, 4) is 0 Å². The summed E-state index contributed by atoms with van der Waals surface area (Å²) < 4.78 is 0. The highest BCUT2D eigenvalue weighted by atomic mass is 16.4. The van der Waals surface area contributed by atoms with Gasteiger partial charge in [-0.2, -0.15) is 0 Å². The van der Waals surface area contributed by atoms with E-state index in [1.54, 1.807) is 0 Å². The summed E-state index contributed by atoms with van der Waals surface area (Å²) in [6.45, 7) is 4.20. The first-order valence-corrected chi connectivity index (χ1v) is 6.59. The van der Waals surface area contributed by atoms with Crippen molar-refractivity contribution in [2.24, 2.45) is 11.3 Å². The fraction of sp³-hybridized carbons (Fsp3) is 0.857. The lowest BCUT2D eigenvalue weighted by atomic mass is 9.40. The largest absolute Gasteiger partial charge is 0.386 e. The molecule has 0 aromatic heterocycles.